The Morgan fingerprint density at radius 2 is 1.78 bits per heavy atom. The van der Waals surface area contributed by atoms with E-state index in [-0.39, 0.29) is 36.7 Å². The number of aliphatic hydroxyl groups excluding tert-OH is 1. The number of amides is 1. The number of nitrogens with one attached hydrogen (secondary N) is 1. The minimum atomic E-state index is -5.23. The Bertz CT molecular complexity index is 1990. The number of rotatable bonds is 11. The fourth-order valence-corrected chi connectivity index (χ4v) is 7.30. The van der Waals surface area contributed by atoms with E-state index in [9.17, 15) is 27.3 Å². The first-order valence-corrected chi connectivity index (χ1v) is 21.2. The SMILES string of the molecule is C=S(=O)(NC(=O)C(F)(F)F)c1cnc(-c2ccc(-c3nc4c(cc3Cl)nc(O[C@@H]3CO[C@H]5[C@@H]3OC[C@H]5O)n4COCC[Si](C)(C)C)cc2)nc1. The minimum Gasteiger partial charge on any atom is -0.456 e. The van der Waals surface area contributed by atoms with E-state index in [4.69, 9.17) is 35.5 Å². The third kappa shape index (κ3) is 7.80. The number of aliphatic hydroxyl groups is 1. The molecular formula is C31H34ClF3N6O7SSi. The summed E-state index contributed by atoms with van der Waals surface area (Å²) in [6, 6.07) is 9.73. The largest absolute Gasteiger partial charge is 0.472 e. The van der Waals surface area contributed by atoms with E-state index in [0.717, 1.165) is 18.4 Å². The lowest BCUT2D eigenvalue weighted by molar-refractivity contribution is -0.171. The van der Waals surface area contributed by atoms with Gasteiger partial charge in [-0.05, 0) is 18.0 Å². The molecule has 50 heavy (non-hydrogen) atoms. The molecule has 0 radical (unpaired) electrons. The van der Waals surface area contributed by atoms with E-state index >= 15 is 0 Å². The van der Waals surface area contributed by atoms with E-state index in [1.54, 1.807) is 34.9 Å². The Morgan fingerprint density at radius 3 is 2.44 bits per heavy atom. The van der Waals surface area contributed by atoms with Crippen molar-refractivity contribution in [1.82, 2.24) is 29.2 Å². The van der Waals surface area contributed by atoms with Gasteiger partial charge in [-0.3, -0.25) is 14.1 Å². The number of nitrogens with zero attached hydrogens (tertiary/aromatic N) is 5. The van der Waals surface area contributed by atoms with E-state index < -0.39 is 54.3 Å². The van der Waals surface area contributed by atoms with Crippen LogP contribution >= 0.6 is 11.6 Å². The van der Waals surface area contributed by atoms with Crippen LogP contribution in [0.2, 0.25) is 30.7 Å². The summed E-state index contributed by atoms with van der Waals surface area (Å²) in [5.74, 6) is 1.00. The van der Waals surface area contributed by atoms with Crippen molar-refractivity contribution in [2.45, 2.75) is 67.9 Å². The highest BCUT2D eigenvalue weighted by molar-refractivity contribution is 7.99. The van der Waals surface area contributed by atoms with Gasteiger partial charge in [-0.25, -0.2) is 19.2 Å². The molecule has 1 unspecified atom stereocenters. The first-order chi connectivity index (χ1) is 23.5. The van der Waals surface area contributed by atoms with Crippen LogP contribution in [0.4, 0.5) is 13.2 Å². The molecule has 1 amide bonds. The third-order valence-corrected chi connectivity index (χ3v) is 11.5. The van der Waals surface area contributed by atoms with Gasteiger partial charge in [0.1, 0.15) is 30.6 Å². The second kappa shape index (κ2) is 13.8. The molecule has 4 aromatic rings. The van der Waals surface area contributed by atoms with E-state index in [1.807, 2.05) is 0 Å². The summed E-state index contributed by atoms with van der Waals surface area (Å²) in [6.07, 6.45) is -5.31. The summed E-state index contributed by atoms with van der Waals surface area (Å²) >= 11 is 6.71. The molecule has 3 aromatic heterocycles. The fourth-order valence-electron chi connectivity index (χ4n) is 5.31. The average molecular weight is 755 g/mol. The number of imidazole rings is 1. The second-order valence-corrected chi connectivity index (χ2v) is 21.1. The second-order valence-electron chi connectivity index (χ2n) is 13.1. The molecule has 6 rings (SSSR count). The zero-order valence-corrected chi connectivity index (χ0v) is 29.7. The molecule has 5 heterocycles. The molecule has 2 saturated heterocycles. The van der Waals surface area contributed by atoms with E-state index in [0.29, 0.717) is 39.6 Å². The summed E-state index contributed by atoms with van der Waals surface area (Å²) in [4.78, 5) is 28.7. The molecule has 0 saturated carbocycles. The summed E-state index contributed by atoms with van der Waals surface area (Å²) in [5, 5.41) is 10.5. The van der Waals surface area contributed by atoms with Gasteiger partial charge in [-0.15, -0.1) is 0 Å². The predicted molar refractivity (Wildman–Crippen MR) is 181 cm³/mol. The molecule has 0 spiro atoms. The van der Waals surface area contributed by atoms with Gasteiger partial charge in [0.25, 0.3) is 0 Å². The molecule has 268 valence electrons. The van der Waals surface area contributed by atoms with Crippen molar-refractivity contribution >= 4 is 52.3 Å². The number of benzene rings is 1. The number of carbonyl (C=O) groups is 1. The highest BCUT2D eigenvalue weighted by atomic mass is 35.5. The summed E-state index contributed by atoms with van der Waals surface area (Å²) < 4.78 is 77.5. The number of alkyl halides is 3. The summed E-state index contributed by atoms with van der Waals surface area (Å²) in [7, 11) is -5.21. The van der Waals surface area contributed by atoms with Crippen LogP contribution in [0.5, 0.6) is 6.01 Å². The molecule has 13 nitrogen and oxygen atoms in total. The average Bonchev–Trinajstić information content (AvgIpc) is 3.72. The monoisotopic (exact) mass is 754 g/mol. The maximum Gasteiger partial charge on any atom is 0.472 e. The number of ether oxygens (including phenoxy) is 4. The van der Waals surface area contributed by atoms with Crippen LogP contribution in [-0.4, -0.2) is 104 Å². The Hall–Kier alpha value is -3.65. The normalized spacial score (nSPS) is 22.0. The van der Waals surface area contributed by atoms with Crippen LogP contribution in [0.25, 0.3) is 33.8 Å². The maximum absolute atomic E-state index is 12.6. The molecule has 2 aliphatic heterocycles. The van der Waals surface area contributed by atoms with Crippen LogP contribution in [0.3, 0.4) is 0 Å². The molecule has 0 bridgehead atoms. The van der Waals surface area contributed by atoms with Gasteiger partial charge in [0.2, 0.25) is 0 Å². The predicted octanol–water partition coefficient (Wildman–Crippen LogP) is 4.10. The minimum absolute atomic E-state index is 0.112. The molecule has 19 heteroatoms. The molecule has 0 aliphatic carbocycles. The molecular weight excluding hydrogens is 721 g/mol. The van der Waals surface area contributed by atoms with Crippen molar-refractivity contribution in [3.05, 3.63) is 47.7 Å². The van der Waals surface area contributed by atoms with Gasteiger partial charge in [0, 0.05) is 38.2 Å². The van der Waals surface area contributed by atoms with Crippen LogP contribution in [0.1, 0.15) is 0 Å². The van der Waals surface area contributed by atoms with E-state index in [2.05, 4.69) is 40.5 Å². The first-order valence-electron chi connectivity index (χ1n) is 15.4. The highest BCUT2D eigenvalue weighted by Crippen LogP contribution is 2.34. The quantitative estimate of drug-likeness (QED) is 0.129. The van der Waals surface area contributed by atoms with Crippen molar-refractivity contribution in [1.29, 1.82) is 0 Å². The Kier molecular flexibility index (Phi) is 9.99. The van der Waals surface area contributed by atoms with Gasteiger partial charge in [0.15, 0.2) is 17.6 Å². The maximum atomic E-state index is 12.6. The number of halogens is 4. The fraction of sp³-hybridized carbons (Fsp3) is 0.419. The van der Waals surface area contributed by atoms with Gasteiger partial charge < -0.3 is 24.1 Å². The molecule has 5 atom stereocenters. The van der Waals surface area contributed by atoms with Crippen LogP contribution < -0.4 is 9.46 Å². The lowest BCUT2D eigenvalue weighted by atomic mass is 10.1. The van der Waals surface area contributed by atoms with Gasteiger partial charge in [-0.1, -0.05) is 55.5 Å². The standard InChI is InChI=1S/C31H34ClF3N6O7SSi/c1-49(44,40-29(43)31(33,34)35)19-12-36-27(37-13-19)18-7-5-17(6-8-18)24-20(32)11-21-28(39-24)41(16-45-9-10-50(2,3)4)30(38-21)48-23-15-47-25-22(42)14-46-26(23)25/h5-8,11-13,22-23,25-26,42H,1,9-10,14-16H2,2-4H3,(H,40,43,44)/t22-,23-,25-,26-,49?/m1/s1. The highest BCUT2D eigenvalue weighted by Gasteiger charge is 2.49. The Balaban J connectivity index is 1.25. The van der Waals surface area contributed by atoms with Crippen molar-refractivity contribution in [3.8, 4) is 28.7 Å². The number of hydrogen-bond acceptors (Lipinski definition) is 11. The number of fused-ring (bicyclic) bond motifs is 2. The number of hydrogen-bond donors (Lipinski definition) is 2. The number of carbonyl (C=O) groups excluding carboxylic acids is 1. The Labute approximate surface area is 291 Å². The zero-order valence-electron chi connectivity index (χ0n) is 27.1. The molecule has 2 fully saturated rings. The van der Waals surface area contributed by atoms with Gasteiger partial charge in [0.05, 0.1) is 38.5 Å². The van der Waals surface area contributed by atoms with Crippen LogP contribution in [-0.2, 0) is 35.4 Å². The molecule has 2 N–H and O–H groups in total. The lowest BCUT2D eigenvalue weighted by Gasteiger charge is -2.19. The number of pyridine rings is 1. The topological polar surface area (TPSA) is 160 Å². The van der Waals surface area contributed by atoms with Crippen LogP contribution in [0.15, 0.2) is 47.6 Å². The third-order valence-electron chi connectivity index (χ3n) is 8.04. The molecule has 2 aliphatic rings. The van der Waals surface area contributed by atoms with E-state index in [1.165, 1.54) is 4.72 Å². The summed E-state index contributed by atoms with van der Waals surface area (Å²) in [6.45, 7) is 7.81. The van der Waals surface area contributed by atoms with Gasteiger partial charge >= 0.3 is 18.1 Å². The lowest BCUT2D eigenvalue weighted by Crippen LogP contribution is -2.40. The smallest absolute Gasteiger partial charge is 0.456 e. The molecule has 1 aromatic carbocycles. The first kappa shape index (κ1) is 36.1. The van der Waals surface area contributed by atoms with Gasteiger partial charge in [-0.2, -0.15) is 18.2 Å². The summed E-state index contributed by atoms with van der Waals surface area (Å²) in [5.41, 5.74) is 2.56. The Morgan fingerprint density at radius 1 is 1.12 bits per heavy atom. The zero-order chi connectivity index (χ0) is 36.0. The number of aromatic nitrogens is 5. The van der Waals surface area contributed by atoms with Crippen LogP contribution in [0, 0.1) is 0 Å². The van der Waals surface area contributed by atoms with Crippen molar-refractivity contribution in [2.24, 2.45) is 0 Å². The van der Waals surface area contributed by atoms with Crippen molar-refractivity contribution < 1.29 is 46.2 Å². The van der Waals surface area contributed by atoms with Crippen molar-refractivity contribution in [3.63, 3.8) is 0 Å². The van der Waals surface area contributed by atoms with Crippen molar-refractivity contribution in [2.75, 3.05) is 19.8 Å².